The largest absolute Gasteiger partial charge is 0.369 e. The van der Waals surface area contributed by atoms with Gasteiger partial charge in [0.25, 0.3) is 0 Å². The molecule has 96 valence electrons. The van der Waals surface area contributed by atoms with Gasteiger partial charge >= 0.3 is 0 Å². The molecular weight excluding hydrogens is 234 g/mol. The van der Waals surface area contributed by atoms with E-state index in [1.807, 2.05) is 30.3 Å². The van der Waals surface area contributed by atoms with Gasteiger partial charge in [0, 0.05) is 11.9 Å². The van der Waals surface area contributed by atoms with E-state index in [1.54, 1.807) is 0 Å². The summed E-state index contributed by atoms with van der Waals surface area (Å²) in [4.78, 5) is 4.56. The molecule has 3 heteroatoms. The Labute approximate surface area is 113 Å². The molecule has 0 amide bonds. The highest BCUT2D eigenvalue weighted by Crippen LogP contribution is 2.36. The van der Waals surface area contributed by atoms with Crippen molar-refractivity contribution in [3.8, 4) is 6.07 Å². The fourth-order valence-corrected chi connectivity index (χ4v) is 2.43. The summed E-state index contributed by atoms with van der Waals surface area (Å²) in [5.74, 6) is 2.23. The number of hydrogen-bond donors (Lipinski definition) is 1. The van der Waals surface area contributed by atoms with Gasteiger partial charge in [-0.2, -0.15) is 5.26 Å². The molecule has 0 aliphatic heterocycles. The number of hydrogen-bond acceptors (Lipinski definition) is 3. The van der Waals surface area contributed by atoms with Gasteiger partial charge in [-0.3, -0.25) is 0 Å². The van der Waals surface area contributed by atoms with Crippen LogP contribution in [0.15, 0.2) is 30.3 Å². The highest BCUT2D eigenvalue weighted by atomic mass is 15.0. The van der Waals surface area contributed by atoms with E-state index in [0.717, 1.165) is 23.4 Å². The number of rotatable bonds is 4. The third kappa shape index (κ3) is 2.53. The van der Waals surface area contributed by atoms with Gasteiger partial charge in [-0.05, 0) is 36.8 Å². The van der Waals surface area contributed by atoms with Crippen LogP contribution in [0.4, 0.5) is 5.82 Å². The van der Waals surface area contributed by atoms with Gasteiger partial charge < -0.3 is 5.32 Å². The van der Waals surface area contributed by atoms with Crippen molar-refractivity contribution in [2.45, 2.75) is 19.8 Å². The first-order valence-electron chi connectivity index (χ1n) is 6.81. The van der Waals surface area contributed by atoms with Crippen molar-refractivity contribution in [3.63, 3.8) is 0 Å². The Morgan fingerprint density at radius 2 is 2.21 bits per heavy atom. The summed E-state index contributed by atoms with van der Waals surface area (Å²) in [6.07, 6.45) is 2.69. The monoisotopic (exact) mass is 251 g/mol. The number of anilines is 1. The van der Waals surface area contributed by atoms with Crippen molar-refractivity contribution in [3.05, 3.63) is 35.9 Å². The first-order chi connectivity index (χ1) is 9.28. The number of benzene rings is 1. The molecule has 1 aliphatic carbocycles. The van der Waals surface area contributed by atoms with Crippen LogP contribution in [-0.2, 0) is 0 Å². The molecule has 1 heterocycles. The fraction of sp³-hybridized carbons (Fsp3) is 0.375. The van der Waals surface area contributed by atoms with Crippen LogP contribution in [0.1, 0.15) is 25.3 Å². The second-order valence-electron chi connectivity index (χ2n) is 5.38. The summed E-state index contributed by atoms with van der Waals surface area (Å²) in [5.41, 5.74) is 1.56. The predicted molar refractivity (Wildman–Crippen MR) is 76.8 cm³/mol. The van der Waals surface area contributed by atoms with Crippen LogP contribution in [0.2, 0.25) is 0 Å². The minimum absolute atomic E-state index is 0.627. The topological polar surface area (TPSA) is 48.7 Å². The molecule has 1 fully saturated rings. The molecule has 1 atom stereocenters. The Bertz CT molecular complexity index is 638. The van der Waals surface area contributed by atoms with E-state index in [-0.39, 0.29) is 0 Å². The molecular formula is C16H17N3. The van der Waals surface area contributed by atoms with Crippen LogP contribution >= 0.6 is 0 Å². The van der Waals surface area contributed by atoms with Gasteiger partial charge in [0.2, 0.25) is 0 Å². The number of aromatic nitrogens is 1. The molecule has 0 radical (unpaired) electrons. The number of nitrogens with one attached hydrogen (secondary N) is 1. The Balaban J connectivity index is 1.86. The van der Waals surface area contributed by atoms with Gasteiger partial charge in [0.1, 0.15) is 11.9 Å². The molecule has 3 nitrogen and oxygen atoms in total. The van der Waals surface area contributed by atoms with Gasteiger partial charge in [-0.25, -0.2) is 4.98 Å². The number of pyridine rings is 1. The molecule has 1 aliphatic rings. The third-order valence-electron chi connectivity index (χ3n) is 3.86. The first-order valence-corrected chi connectivity index (χ1v) is 6.81. The molecule has 0 saturated heterocycles. The molecule has 0 bridgehead atoms. The molecule has 2 aromatic rings. The lowest BCUT2D eigenvalue weighted by molar-refractivity contribution is 0.536. The fourth-order valence-electron chi connectivity index (χ4n) is 2.43. The highest BCUT2D eigenvalue weighted by Gasteiger charge is 2.27. The van der Waals surface area contributed by atoms with E-state index in [4.69, 9.17) is 0 Å². The van der Waals surface area contributed by atoms with Crippen molar-refractivity contribution in [2.75, 3.05) is 11.9 Å². The van der Waals surface area contributed by atoms with Crippen molar-refractivity contribution < 1.29 is 0 Å². The molecule has 0 spiro atoms. The Hall–Kier alpha value is -2.08. The van der Waals surface area contributed by atoms with Gasteiger partial charge in [0.15, 0.2) is 0 Å². The third-order valence-corrected chi connectivity index (χ3v) is 3.86. The van der Waals surface area contributed by atoms with E-state index in [1.165, 1.54) is 12.8 Å². The van der Waals surface area contributed by atoms with Gasteiger partial charge in [-0.15, -0.1) is 0 Å². The Kier molecular flexibility index (Phi) is 3.08. The lowest BCUT2D eigenvalue weighted by atomic mass is 10.1. The SMILES string of the molecule is CC(CNc1nc2ccccc2cc1C#N)C1CC1. The predicted octanol–water partition coefficient (Wildman–Crippen LogP) is 3.56. The molecule has 19 heavy (non-hydrogen) atoms. The van der Waals surface area contributed by atoms with Crippen LogP contribution in [0.5, 0.6) is 0 Å². The second-order valence-corrected chi connectivity index (χ2v) is 5.38. The van der Waals surface area contributed by atoms with Crippen LogP contribution in [0.25, 0.3) is 10.9 Å². The zero-order valence-corrected chi connectivity index (χ0v) is 11.1. The molecule has 3 rings (SSSR count). The van der Waals surface area contributed by atoms with E-state index < -0.39 is 0 Å². The Morgan fingerprint density at radius 3 is 2.95 bits per heavy atom. The molecule has 1 N–H and O–H groups in total. The van der Waals surface area contributed by atoms with E-state index in [2.05, 4.69) is 23.3 Å². The maximum atomic E-state index is 9.23. The van der Waals surface area contributed by atoms with Crippen molar-refractivity contribution in [1.29, 1.82) is 5.26 Å². The van der Waals surface area contributed by atoms with E-state index in [9.17, 15) is 5.26 Å². The average Bonchev–Trinajstić information content (AvgIpc) is 3.28. The standard InChI is InChI=1S/C16H17N3/c1-11(12-6-7-12)10-18-16-14(9-17)8-13-4-2-3-5-15(13)19-16/h2-5,8,11-12H,6-7,10H2,1H3,(H,18,19). The van der Waals surface area contributed by atoms with Crippen LogP contribution in [0, 0.1) is 23.2 Å². The first kappa shape index (κ1) is 12.0. The van der Waals surface area contributed by atoms with Gasteiger partial charge in [-0.1, -0.05) is 25.1 Å². The summed E-state index contributed by atoms with van der Waals surface area (Å²) >= 11 is 0. The molecule has 1 aromatic heterocycles. The lowest BCUT2D eigenvalue weighted by Crippen LogP contribution is -2.14. The zero-order valence-electron chi connectivity index (χ0n) is 11.1. The average molecular weight is 251 g/mol. The van der Waals surface area contributed by atoms with E-state index in [0.29, 0.717) is 17.3 Å². The molecule has 1 saturated carbocycles. The van der Waals surface area contributed by atoms with Crippen molar-refractivity contribution in [2.24, 2.45) is 11.8 Å². The number of nitriles is 1. The summed E-state index contributed by atoms with van der Waals surface area (Å²) in [5, 5.41) is 13.6. The minimum Gasteiger partial charge on any atom is -0.369 e. The number of para-hydroxylation sites is 1. The Morgan fingerprint density at radius 1 is 1.42 bits per heavy atom. The second kappa shape index (κ2) is 4.89. The zero-order chi connectivity index (χ0) is 13.2. The maximum Gasteiger partial charge on any atom is 0.144 e. The van der Waals surface area contributed by atoms with E-state index >= 15 is 0 Å². The summed E-state index contributed by atoms with van der Waals surface area (Å²) in [7, 11) is 0. The van der Waals surface area contributed by atoms with Crippen LogP contribution < -0.4 is 5.32 Å². The summed E-state index contributed by atoms with van der Waals surface area (Å²) < 4.78 is 0. The number of nitrogens with zero attached hydrogens (tertiary/aromatic N) is 2. The highest BCUT2D eigenvalue weighted by molar-refractivity contribution is 5.82. The normalized spacial score (nSPS) is 16.0. The van der Waals surface area contributed by atoms with Crippen LogP contribution in [-0.4, -0.2) is 11.5 Å². The minimum atomic E-state index is 0.627. The molecule has 1 unspecified atom stereocenters. The van der Waals surface area contributed by atoms with Gasteiger partial charge in [0.05, 0.1) is 11.1 Å². The number of fused-ring (bicyclic) bond motifs is 1. The van der Waals surface area contributed by atoms with Crippen molar-refractivity contribution >= 4 is 16.7 Å². The summed E-state index contributed by atoms with van der Waals surface area (Å²) in [6.45, 7) is 3.16. The molecule has 1 aromatic carbocycles. The summed E-state index contributed by atoms with van der Waals surface area (Å²) in [6, 6.07) is 12.0. The van der Waals surface area contributed by atoms with Crippen LogP contribution in [0.3, 0.4) is 0 Å². The maximum absolute atomic E-state index is 9.23. The lowest BCUT2D eigenvalue weighted by Gasteiger charge is -2.13. The van der Waals surface area contributed by atoms with Crippen molar-refractivity contribution in [1.82, 2.24) is 4.98 Å². The smallest absolute Gasteiger partial charge is 0.144 e. The quantitative estimate of drug-likeness (QED) is 0.903.